The Balaban J connectivity index is 1.40. The average Bonchev–Trinajstić information content (AvgIpc) is 2.73. The summed E-state index contributed by atoms with van der Waals surface area (Å²) in [5, 5.41) is 0. The summed E-state index contributed by atoms with van der Waals surface area (Å²) in [6, 6.07) is 6.34. The molecular weight excluding hydrogens is 385 g/mol. The molecule has 2 saturated carbocycles. The van der Waals surface area contributed by atoms with Gasteiger partial charge in [0.25, 0.3) is 0 Å². The number of halogens is 3. The van der Waals surface area contributed by atoms with Crippen molar-refractivity contribution in [1.29, 1.82) is 0 Å². The summed E-state index contributed by atoms with van der Waals surface area (Å²) >= 11 is 0. The third-order valence-electron chi connectivity index (χ3n) is 6.64. The lowest BCUT2D eigenvalue weighted by Gasteiger charge is -2.26. The minimum Gasteiger partial charge on any atom is -0.406 e. The standard InChI is InChI=1S/C26H33F3O/c1-2-5-20-8-10-21(11-9-20)6-3-4-7-22-12-14-23(15-13-22)24-16-18-25(19-17-24)30-26(27,28)29/h3,6,16-23H,2,5,8-15H2,1H3/b6-3+. The van der Waals surface area contributed by atoms with Gasteiger partial charge in [0.15, 0.2) is 0 Å². The Morgan fingerprint density at radius 2 is 1.63 bits per heavy atom. The van der Waals surface area contributed by atoms with E-state index in [0.717, 1.165) is 37.2 Å². The van der Waals surface area contributed by atoms with Crippen LogP contribution in [-0.4, -0.2) is 6.36 Å². The zero-order valence-corrected chi connectivity index (χ0v) is 17.9. The monoisotopic (exact) mass is 418 g/mol. The van der Waals surface area contributed by atoms with Crippen LogP contribution in [0.2, 0.25) is 0 Å². The molecule has 0 unspecified atom stereocenters. The van der Waals surface area contributed by atoms with Crippen molar-refractivity contribution in [2.24, 2.45) is 17.8 Å². The third kappa shape index (κ3) is 7.42. The second-order valence-corrected chi connectivity index (χ2v) is 8.88. The molecule has 2 fully saturated rings. The Bertz CT molecular complexity index is 722. The van der Waals surface area contributed by atoms with Crippen molar-refractivity contribution in [2.45, 2.75) is 83.4 Å². The predicted molar refractivity (Wildman–Crippen MR) is 115 cm³/mol. The van der Waals surface area contributed by atoms with Crippen LogP contribution < -0.4 is 4.74 Å². The molecule has 0 radical (unpaired) electrons. The van der Waals surface area contributed by atoms with Crippen LogP contribution in [0.15, 0.2) is 36.4 Å². The summed E-state index contributed by atoms with van der Waals surface area (Å²) in [7, 11) is 0. The van der Waals surface area contributed by atoms with Gasteiger partial charge in [-0.25, -0.2) is 0 Å². The van der Waals surface area contributed by atoms with E-state index in [1.807, 2.05) is 0 Å². The van der Waals surface area contributed by atoms with Crippen LogP contribution >= 0.6 is 0 Å². The van der Waals surface area contributed by atoms with E-state index in [4.69, 9.17) is 0 Å². The minimum atomic E-state index is -4.64. The van der Waals surface area contributed by atoms with Gasteiger partial charge in [-0.15, -0.1) is 13.2 Å². The molecule has 0 N–H and O–H groups in total. The molecule has 30 heavy (non-hydrogen) atoms. The Hall–Kier alpha value is -1.89. The van der Waals surface area contributed by atoms with Crippen LogP contribution in [0.5, 0.6) is 5.75 Å². The molecule has 2 aliphatic carbocycles. The van der Waals surface area contributed by atoms with E-state index in [9.17, 15) is 13.2 Å². The molecule has 0 aliphatic heterocycles. The number of allylic oxidation sites excluding steroid dienone is 2. The van der Waals surface area contributed by atoms with E-state index >= 15 is 0 Å². The molecule has 3 rings (SSSR count). The first-order valence-electron chi connectivity index (χ1n) is 11.5. The van der Waals surface area contributed by atoms with E-state index in [1.165, 1.54) is 50.7 Å². The molecular formula is C26H33F3O. The van der Waals surface area contributed by atoms with Crippen molar-refractivity contribution >= 4 is 0 Å². The molecule has 0 spiro atoms. The Labute approximate surface area is 179 Å². The highest BCUT2D eigenvalue weighted by Gasteiger charge is 2.31. The summed E-state index contributed by atoms with van der Waals surface area (Å²) < 4.78 is 40.8. The maximum atomic E-state index is 12.3. The molecule has 4 heteroatoms. The SMILES string of the molecule is CCCC1CCC(/C=C/C#CC2CCC(c3ccc(OC(F)(F)F)cc3)CC2)CC1. The smallest absolute Gasteiger partial charge is 0.406 e. The van der Waals surface area contributed by atoms with Crippen molar-refractivity contribution < 1.29 is 17.9 Å². The first-order chi connectivity index (χ1) is 14.4. The first-order valence-corrected chi connectivity index (χ1v) is 11.5. The molecule has 1 aromatic rings. The van der Waals surface area contributed by atoms with Gasteiger partial charge in [-0.3, -0.25) is 0 Å². The lowest BCUT2D eigenvalue weighted by atomic mass is 9.79. The van der Waals surface area contributed by atoms with Crippen molar-refractivity contribution in [1.82, 2.24) is 0 Å². The number of hydrogen-bond acceptors (Lipinski definition) is 1. The minimum absolute atomic E-state index is 0.156. The molecule has 0 aromatic heterocycles. The molecule has 2 aliphatic rings. The Morgan fingerprint density at radius 3 is 2.23 bits per heavy atom. The van der Waals surface area contributed by atoms with Crippen molar-refractivity contribution in [3.63, 3.8) is 0 Å². The highest BCUT2D eigenvalue weighted by Crippen LogP contribution is 2.36. The van der Waals surface area contributed by atoms with Crippen molar-refractivity contribution in [3.05, 3.63) is 42.0 Å². The molecule has 1 nitrogen and oxygen atoms in total. The second-order valence-electron chi connectivity index (χ2n) is 8.88. The zero-order valence-electron chi connectivity index (χ0n) is 17.9. The van der Waals surface area contributed by atoms with E-state index in [-0.39, 0.29) is 5.75 Å². The Kier molecular flexibility index (Phi) is 8.31. The Morgan fingerprint density at radius 1 is 0.967 bits per heavy atom. The summed E-state index contributed by atoms with van der Waals surface area (Å²) in [6.45, 7) is 2.28. The van der Waals surface area contributed by atoms with Gasteiger partial charge < -0.3 is 4.74 Å². The van der Waals surface area contributed by atoms with Gasteiger partial charge in [0.05, 0.1) is 0 Å². The topological polar surface area (TPSA) is 9.23 Å². The van der Waals surface area contributed by atoms with Crippen LogP contribution in [0, 0.1) is 29.6 Å². The van der Waals surface area contributed by atoms with Crippen LogP contribution in [-0.2, 0) is 0 Å². The van der Waals surface area contributed by atoms with Gasteiger partial charge in [-0.2, -0.15) is 0 Å². The highest BCUT2D eigenvalue weighted by molar-refractivity contribution is 5.30. The number of hydrogen-bond donors (Lipinski definition) is 0. The molecule has 0 atom stereocenters. The molecule has 0 saturated heterocycles. The van der Waals surface area contributed by atoms with E-state index < -0.39 is 6.36 Å². The van der Waals surface area contributed by atoms with Crippen molar-refractivity contribution in [3.8, 4) is 17.6 Å². The van der Waals surface area contributed by atoms with Gasteiger partial charge >= 0.3 is 6.36 Å². The van der Waals surface area contributed by atoms with Gasteiger partial charge in [-0.05, 0) is 92.9 Å². The maximum absolute atomic E-state index is 12.3. The van der Waals surface area contributed by atoms with Crippen LogP contribution in [0.1, 0.15) is 82.6 Å². The van der Waals surface area contributed by atoms with Gasteiger partial charge in [0.1, 0.15) is 5.75 Å². The van der Waals surface area contributed by atoms with Crippen LogP contribution in [0.3, 0.4) is 0 Å². The number of rotatable bonds is 5. The van der Waals surface area contributed by atoms with Gasteiger partial charge in [0, 0.05) is 5.92 Å². The molecule has 0 heterocycles. The lowest BCUT2D eigenvalue weighted by molar-refractivity contribution is -0.274. The van der Waals surface area contributed by atoms with E-state index in [2.05, 4.69) is 35.7 Å². The van der Waals surface area contributed by atoms with Crippen LogP contribution in [0.25, 0.3) is 0 Å². The fourth-order valence-electron chi connectivity index (χ4n) is 4.94. The lowest BCUT2D eigenvalue weighted by Crippen LogP contribution is -2.17. The molecule has 164 valence electrons. The number of benzene rings is 1. The second kappa shape index (κ2) is 10.9. The summed E-state index contributed by atoms with van der Waals surface area (Å²) in [5.74, 6) is 9.00. The maximum Gasteiger partial charge on any atom is 0.573 e. The zero-order chi connectivity index (χ0) is 21.4. The van der Waals surface area contributed by atoms with Gasteiger partial charge in [0.2, 0.25) is 0 Å². The molecule has 0 amide bonds. The predicted octanol–water partition coefficient (Wildman–Crippen LogP) is 8.03. The van der Waals surface area contributed by atoms with E-state index in [1.54, 1.807) is 12.1 Å². The number of ether oxygens (including phenoxy) is 1. The van der Waals surface area contributed by atoms with Gasteiger partial charge in [-0.1, -0.05) is 49.8 Å². The summed E-state index contributed by atoms with van der Waals surface area (Å²) in [4.78, 5) is 0. The van der Waals surface area contributed by atoms with E-state index in [0.29, 0.717) is 17.8 Å². The third-order valence-corrected chi connectivity index (χ3v) is 6.64. The van der Waals surface area contributed by atoms with Crippen molar-refractivity contribution in [2.75, 3.05) is 0 Å². The normalized spacial score (nSPS) is 27.5. The highest BCUT2D eigenvalue weighted by atomic mass is 19.4. The summed E-state index contributed by atoms with van der Waals surface area (Å²) in [6.07, 6.45) is 11.9. The average molecular weight is 419 g/mol. The fourth-order valence-corrected chi connectivity index (χ4v) is 4.94. The summed E-state index contributed by atoms with van der Waals surface area (Å²) in [5.41, 5.74) is 1.09. The van der Waals surface area contributed by atoms with Crippen LogP contribution in [0.4, 0.5) is 13.2 Å². The number of alkyl halides is 3. The molecule has 1 aromatic carbocycles. The molecule has 0 bridgehead atoms. The quantitative estimate of drug-likeness (QED) is 0.440. The largest absolute Gasteiger partial charge is 0.573 e. The fraction of sp³-hybridized carbons (Fsp3) is 0.615. The first kappa shape index (κ1) is 22.8.